The summed E-state index contributed by atoms with van der Waals surface area (Å²) in [6.07, 6.45) is 3.60. The highest BCUT2D eigenvalue weighted by Crippen LogP contribution is 2.49. The molecule has 1 spiro atoms. The minimum absolute atomic E-state index is 0.0228. The maximum atomic E-state index is 12.4. The van der Waals surface area contributed by atoms with Gasteiger partial charge in [-0.3, -0.25) is 24.5 Å². The summed E-state index contributed by atoms with van der Waals surface area (Å²) in [4.78, 5) is 47.5. The summed E-state index contributed by atoms with van der Waals surface area (Å²) in [7, 11) is 0. The molecule has 7 nitrogen and oxygen atoms in total. The van der Waals surface area contributed by atoms with E-state index in [2.05, 4.69) is 5.32 Å². The van der Waals surface area contributed by atoms with Crippen molar-refractivity contribution in [2.45, 2.75) is 44.9 Å². The second-order valence-corrected chi connectivity index (χ2v) is 6.82. The van der Waals surface area contributed by atoms with Gasteiger partial charge in [0.15, 0.2) is 0 Å². The van der Waals surface area contributed by atoms with Crippen LogP contribution in [0.25, 0.3) is 0 Å². The standard InChI is InChI=1S/C18H20N2O5/c21-15-7-8-16(22)18(15)9-2-1-4-12(18)10-17(23)19-13-5-3-6-14(11-13)20(24)25/h3,5-6,11-12H,1-2,4,7-10H2,(H,19,23). The van der Waals surface area contributed by atoms with Crippen molar-refractivity contribution in [3.05, 3.63) is 34.4 Å². The molecular weight excluding hydrogens is 324 g/mol. The molecule has 2 aliphatic carbocycles. The quantitative estimate of drug-likeness (QED) is 0.513. The molecule has 7 heteroatoms. The van der Waals surface area contributed by atoms with E-state index in [1.807, 2.05) is 0 Å². The highest BCUT2D eigenvalue weighted by Gasteiger charge is 2.55. The summed E-state index contributed by atoms with van der Waals surface area (Å²) >= 11 is 0. The van der Waals surface area contributed by atoms with Gasteiger partial charge in [0.2, 0.25) is 5.91 Å². The van der Waals surface area contributed by atoms with Gasteiger partial charge in [0.05, 0.1) is 10.3 Å². The van der Waals surface area contributed by atoms with Crippen LogP contribution < -0.4 is 5.32 Å². The van der Waals surface area contributed by atoms with E-state index in [0.29, 0.717) is 18.5 Å². The Morgan fingerprint density at radius 1 is 1.24 bits per heavy atom. The number of hydrogen-bond donors (Lipinski definition) is 1. The smallest absolute Gasteiger partial charge is 0.271 e. The molecule has 0 bridgehead atoms. The first-order valence-corrected chi connectivity index (χ1v) is 8.54. The minimum atomic E-state index is -0.974. The number of hydrogen-bond acceptors (Lipinski definition) is 5. The van der Waals surface area contributed by atoms with Gasteiger partial charge in [0, 0.05) is 37.1 Å². The van der Waals surface area contributed by atoms with Crippen molar-refractivity contribution in [1.82, 2.24) is 0 Å². The van der Waals surface area contributed by atoms with Crippen LogP contribution in [0, 0.1) is 21.4 Å². The fraction of sp³-hybridized carbons (Fsp3) is 0.500. The van der Waals surface area contributed by atoms with Crippen LogP contribution in [-0.4, -0.2) is 22.4 Å². The molecule has 0 heterocycles. The van der Waals surface area contributed by atoms with E-state index in [0.717, 1.165) is 12.8 Å². The molecule has 0 aromatic heterocycles. The maximum Gasteiger partial charge on any atom is 0.271 e. The van der Waals surface area contributed by atoms with E-state index in [9.17, 15) is 24.5 Å². The Bertz CT molecular complexity index is 727. The Morgan fingerprint density at radius 3 is 2.64 bits per heavy atom. The van der Waals surface area contributed by atoms with Gasteiger partial charge in [-0.1, -0.05) is 18.9 Å². The molecule has 1 atom stereocenters. The summed E-state index contributed by atoms with van der Waals surface area (Å²) in [5.74, 6) is -0.641. The molecule has 2 aliphatic rings. The Labute approximate surface area is 144 Å². The fourth-order valence-corrected chi connectivity index (χ4v) is 4.22. The highest BCUT2D eigenvalue weighted by atomic mass is 16.6. The number of nitro benzene ring substituents is 1. The minimum Gasteiger partial charge on any atom is -0.326 e. The highest BCUT2D eigenvalue weighted by molar-refractivity contribution is 6.13. The SMILES string of the molecule is O=C(CC1CCCCC12C(=O)CCC2=O)Nc1cccc([N+](=O)[O-])c1. The normalized spacial score (nSPS) is 22.2. The Hall–Kier alpha value is -2.57. The van der Waals surface area contributed by atoms with Gasteiger partial charge in [0.1, 0.15) is 11.6 Å². The van der Waals surface area contributed by atoms with Crippen molar-refractivity contribution in [2.75, 3.05) is 5.32 Å². The van der Waals surface area contributed by atoms with E-state index in [-0.39, 0.29) is 48.3 Å². The third-order valence-corrected chi connectivity index (χ3v) is 5.42. The predicted molar refractivity (Wildman–Crippen MR) is 90.0 cm³/mol. The summed E-state index contributed by atoms with van der Waals surface area (Å²) in [6, 6.07) is 5.72. The second-order valence-electron chi connectivity index (χ2n) is 6.82. The molecule has 2 fully saturated rings. The van der Waals surface area contributed by atoms with Crippen molar-refractivity contribution >= 4 is 28.8 Å². The van der Waals surface area contributed by atoms with Crippen molar-refractivity contribution < 1.29 is 19.3 Å². The van der Waals surface area contributed by atoms with Crippen LogP contribution in [0.4, 0.5) is 11.4 Å². The second kappa shape index (κ2) is 6.74. The lowest BCUT2D eigenvalue weighted by molar-refractivity contribution is -0.384. The molecule has 25 heavy (non-hydrogen) atoms. The molecule has 0 radical (unpaired) electrons. The van der Waals surface area contributed by atoms with Crippen LogP contribution in [0.5, 0.6) is 0 Å². The number of nitro groups is 1. The monoisotopic (exact) mass is 344 g/mol. The third-order valence-electron chi connectivity index (χ3n) is 5.42. The summed E-state index contributed by atoms with van der Waals surface area (Å²) in [6.45, 7) is 0. The number of anilines is 1. The topological polar surface area (TPSA) is 106 Å². The Kier molecular flexibility index (Phi) is 4.65. The Morgan fingerprint density at radius 2 is 1.96 bits per heavy atom. The van der Waals surface area contributed by atoms with Crippen LogP contribution in [0.1, 0.15) is 44.9 Å². The van der Waals surface area contributed by atoms with Crippen molar-refractivity contribution in [3.63, 3.8) is 0 Å². The first-order valence-electron chi connectivity index (χ1n) is 8.54. The van der Waals surface area contributed by atoms with E-state index < -0.39 is 10.3 Å². The van der Waals surface area contributed by atoms with Gasteiger partial charge in [-0.15, -0.1) is 0 Å². The maximum absolute atomic E-state index is 12.4. The van der Waals surface area contributed by atoms with Crippen LogP contribution in [0.3, 0.4) is 0 Å². The van der Waals surface area contributed by atoms with Gasteiger partial charge in [-0.25, -0.2) is 0 Å². The average molecular weight is 344 g/mol. The molecule has 1 N–H and O–H groups in total. The molecule has 132 valence electrons. The predicted octanol–water partition coefficient (Wildman–Crippen LogP) is 3.03. The van der Waals surface area contributed by atoms with E-state index >= 15 is 0 Å². The largest absolute Gasteiger partial charge is 0.326 e. The van der Waals surface area contributed by atoms with Gasteiger partial charge in [0.25, 0.3) is 5.69 Å². The Balaban J connectivity index is 1.73. The number of amides is 1. The van der Waals surface area contributed by atoms with Crippen molar-refractivity contribution in [2.24, 2.45) is 11.3 Å². The lowest BCUT2D eigenvalue weighted by Gasteiger charge is -2.38. The van der Waals surface area contributed by atoms with E-state index in [4.69, 9.17) is 0 Å². The number of ketones is 2. The molecule has 3 rings (SSSR count). The van der Waals surface area contributed by atoms with Gasteiger partial charge >= 0.3 is 0 Å². The number of nitrogens with one attached hydrogen (secondary N) is 1. The van der Waals surface area contributed by atoms with Crippen LogP contribution in [-0.2, 0) is 14.4 Å². The fourth-order valence-electron chi connectivity index (χ4n) is 4.22. The van der Waals surface area contributed by atoms with Crippen molar-refractivity contribution in [1.29, 1.82) is 0 Å². The van der Waals surface area contributed by atoms with Crippen LogP contribution in [0.15, 0.2) is 24.3 Å². The van der Waals surface area contributed by atoms with Gasteiger partial charge in [-0.05, 0) is 24.8 Å². The molecule has 1 aromatic rings. The summed E-state index contributed by atoms with van der Waals surface area (Å²) in [5.41, 5.74) is -0.737. The zero-order chi connectivity index (χ0) is 18.0. The molecular formula is C18H20N2O5. The molecule has 1 amide bonds. The molecule has 2 saturated carbocycles. The molecule has 0 saturated heterocycles. The van der Waals surface area contributed by atoms with E-state index in [1.165, 1.54) is 18.2 Å². The zero-order valence-corrected chi connectivity index (χ0v) is 13.8. The van der Waals surface area contributed by atoms with Gasteiger partial charge < -0.3 is 5.32 Å². The number of rotatable bonds is 4. The lowest BCUT2D eigenvalue weighted by atomic mass is 9.63. The molecule has 1 unspecified atom stereocenters. The summed E-state index contributed by atoms with van der Waals surface area (Å²) in [5, 5.41) is 13.5. The number of benzene rings is 1. The summed E-state index contributed by atoms with van der Waals surface area (Å²) < 4.78 is 0. The lowest BCUT2D eigenvalue weighted by Crippen LogP contribution is -2.44. The van der Waals surface area contributed by atoms with Crippen molar-refractivity contribution in [3.8, 4) is 0 Å². The van der Waals surface area contributed by atoms with Crippen LogP contribution in [0.2, 0.25) is 0 Å². The van der Waals surface area contributed by atoms with Crippen LogP contribution >= 0.6 is 0 Å². The number of non-ortho nitro benzene ring substituents is 1. The number of nitrogens with zero attached hydrogens (tertiary/aromatic N) is 1. The first-order chi connectivity index (χ1) is 11.9. The molecule has 0 aliphatic heterocycles. The first kappa shape index (κ1) is 17.3. The average Bonchev–Trinajstić information content (AvgIpc) is 2.86. The number of carbonyl (C=O) groups excluding carboxylic acids is 3. The van der Waals surface area contributed by atoms with Gasteiger partial charge in [-0.2, -0.15) is 0 Å². The number of carbonyl (C=O) groups is 3. The van der Waals surface area contributed by atoms with E-state index in [1.54, 1.807) is 6.07 Å². The molecule has 1 aromatic carbocycles. The zero-order valence-electron chi connectivity index (χ0n) is 13.8. The third kappa shape index (κ3) is 3.18. The number of Topliss-reactive ketones (excluding diaryl/α,β-unsaturated/α-hetero) is 2.